The number of alkyl halides is 3. The van der Waals surface area contributed by atoms with Gasteiger partial charge in [0.2, 0.25) is 0 Å². The average molecular weight is 348 g/mol. The second-order valence-corrected chi connectivity index (χ2v) is 6.54. The van der Waals surface area contributed by atoms with Gasteiger partial charge >= 0.3 is 12.1 Å². The van der Waals surface area contributed by atoms with E-state index in [0.29, 0.717) is 25.9 Å². The molecule has 23 heavy (non-hydrogen) atoms. The van der Waals surface area contributed by atoms with Crippen molar-refractivity contribution < 1.29 is 22.7 Å². The molecule has 2 heterocycles. The Morgan fingerprint density at radius 3 is 2.57 bits per heavy atom. The van der Waals surface area contributed by atoms with Gasteiger partial charge in [-0.3, -0.25) is 14.7 Å². The van der Waals surface area contributed by atoms with Crippen molar-refractivity contribution in [2.75, 3.05) is 32.0 Å². The highest BCUT2D eigenvalue weighted by Crippen LogP contribution is 2.23. The molecule has 1 aromatic rings. The fourth-order valence-electron chi connectivity index (χ4n) is 2.39. The number of rotatable bonds is 6. The van der Waals surface area contributed by atoms with E-state index in [9.17, 15) is 18.0 Å². The van der Waals surface area contributed by atoms with Gasteiger partial charge in [0, 0.05) is 17.3 Å². The van der Waals surface area contributed by atoms with E-state index in [4.69, 9.17) is 4.74 Å². The summed E-state index contributed by atoms with van der Waals surface area (Å²) in [6.07, 6.45) is 0.413. The molecule has 0 unspecified atom stereocenters. The molecule has 1 fully saturated rings. The van der Waals surface area contributed by atoms with E-state index in [1.165, 1.54) is 16.7 Å². The van der Waals surface area contributed by atoms with Gasteiger partial charge in [0.25, 0.3) is 0 Å². The molecule has 128 valence electrons. The van der Waals surface area contributed by atoms with Crippen molar-refractivity contribution in [3.05, 3.63) is 24.5 Å². The van der Waals surface area contributed by atoms with Gasteiger partial charge < -0.3 is 4.74 Å². The van der Waals surface area contributed by atoms with E-state index in [0.717, 1.165) is 4.90 Å². The van der Waals surface area contributed by atoms with Crippen LogP contribution in [-0.4, -0.2) is 54.0 Å². The molecule has 0 aromatic carbocycles. The Bertz CT molecular complexity index is 491. The van der Waals surface area contributed by atoms with Gasteiger partial charge in [-0.2, -0.15) is 13.2 Å². The first-order chi connectivity index (χ1) is 10.9. The molecule has 1 aliphatic rings. The number of esters is 1. The fourth-order valence-corrected chi connectivity index (χ4v) is 3.08. The minimum absolute atomic E-state index is 0.148. The van der Waals surface area contributed by atoms with E-state index in [-0.39, 0.29) is 24.2 Å². The van der Waals surface area contributed by atoms with Gasteiger partial charge in [-0.1, -0.05) is 0 Å². The predicted molar refractivity (Wildman–Crippen MR) is 81.1 cm³/mol. The normalized spacial score (nSPS) is 17.2. The summed E-state index contributed by atoms with van der Waals surface area (Å²) in [6.45, 7) is 0.221. The van der Waals surface area contributed by atoms with Crippen LogP contribution in [0.25, 0.3) is 0 Å². The van der Waals surface area contributed by atoms with Crippen molar-refractivity contribution in [1.29, 1.82) is 0 Å². The SMILES string of the molecule is O=C(CSc1ccncc1)OCC1CCN(CC(F)(F)F)CC1. The number of nitrogens with zero attached hydrogens (tertiary/aromatic N) is 2. The number of carbonyl (C=O) groups excluding carboxylic acids is 1. The Kier molecular flexibility index (Phi) is 6.71. The molecule has 8 heteroatoms. The fraction of sp³-hybridized carbons (Fsp3) is 0.600. The van der Waals surface area contributed by atoms with Crippen LogP contribution in [0.3, 0.4) is 0 Å². The quantitative estimate of drug-likeness (QED) is 0.584. The summed E-state index contributed by atoms with van der Waals surface area (Å²) in [5.74, 6) is 0.0654. The smallest absolute Gasteiger partial charge is 0.401 e. The van der Waals surface area contributed by atoms with Crippen LogP contribution in [0.5, 0.6) is 0 Å². The first-order valence-electron chi connectivity index (χ1n) is 7.40. The summed E-state index contributed by atoms with van der Waals surface area (Å²) in [6, 6.07) is 3.63. The maximum atomic E-state index is 12.3. The summed E-state index contributed by atoms with van der Waals surface area (Å²) in [5.41, 5.74) is 0. The third-order valence-electron chi connectivity index (χ3n) is 3.60. The van der Waals surface area contributed by atoms with E-state index in [1.807, 2.05) is 12.1 Å². The first-order valence-corrected chi connectivity index (χ1v) is 8.38. The number of thioether (sulfide) groups is 1. The van der Waals surface area contributed by atoms with Crippen LogP contribution < -0.4 is 0 Å². The maximum Gasteiger partial charge on any atom is 0.401 e. The van der Waals surface area contributed by atoms with Crippen molar-refractivity contribution in [3.8, 4) is 0 Å². The number of piperidine rings is 1. The molecule has 0 atom stereocenters. The Balaban J connectivity index is 1.60. The number of aromatic nitrogens is 1. The van der Waals surface area contributed by atoms with E-state index in [2.05, 4.69) is 4.98 Å². The van der Waals surface area contributed by atoms with Gasteiger partial charge in [0.1, 0.15) is 0 Å². The lowest BCUT2D eigenvalue weighted by Crippen LogP contribution is -2.41. The monoisotopic (exact) mass is 348 g/mol. The molecule has 0 aliphatic carbocycles. The summed E-state index contributed by atoms with van der Waals surface area (Å²) >= 11 is 1.37. The number of halogens is 3. The number of likely N-dealkylation sites (tertiary alicyclic amines) is 1. The number of pyridine rings is 1. The van der Waals surface area contributed by atoms with E-state index >= 15 is 0 Å². The second kappa shape index (κ2) is 8.54. The Hall–Kier alpha value is -1.28. The molecule has 1 aromatic heterocycles. The molecule has 0 N–H and O–H groups in total. The van der Waals surface area contributed by atoms with Crippen LogP contribution >= 0.6 is 11.8 Å². The minimum Gasteiger partial charge on any atom is -0.465 e. The summed E-state index contributed by atoms with van der Waals surface area (Å²) in [5, 5.41) is 0. The molecule has 1 aliphatic heterocycles. The third-order valence-corrected chi connectivity index (χ3v) is 4.58. The molecule has 1 saturated heterocycles. The Labute approximate surface area is 137 Å². The van der Waals surface area contributed by atoms with Gasteiger partial charge in [-0.05, 0) is 44.0 Å². The average Bonchev–Trinajstić information content (AvgIpc) is 2.52. The molecular formula is C15H19F3N2O2S. The minimum atomic E-state index is -4.15. The Morgan fingerprint density at radius 1 is 1.30 bits per heavy atom. The molecule has 0 radical (unpaired) electrons. The van der Waals surface area contributed by atoms with Gasteiger partial charge in [-0.25, -0.2) is 0 Å². The highest BCUT2D eigenvalue weighted by molar-refractivity contribution is 8.00. The van der Waals surface area contributed by atoms with Crippen LogP contribution in [0.2, 0.25) is 0 Å². The molecule has 4 nitrogen and oxygen atoms in total. The largest absolute Gasteiger partial charge is 0.465 e. The number of hydrogen-bond donors (Lipinski definition) is 0. The lowest BCUT2D eigenvalue weighted by atomic mass is 9.98. The summed E-state index contributed by atoms with van der Waals surface area (Å²) < 4.78 is 42.1. The number of carbonyl (C=O) groups is 1. The third kappa shape index (κ3) is 7.22. The van der Waals surface area contributed by atoms with Crippen LogP contribution in [0.1, 0.15) is 12.8 Å². The van der Waals surface area contributed by atoms with Crippen LogP contribution in [0, 0.1) is 5.92 Å². The van der Waals surface area contributed by atoms with Crippen LogP contribution in [0.4, 0.5) is 13.2 Å². The number of ether oxygens (including phenoxy) is 1. The Morgan fingerprint density at radius 2 is 1.96 bits per heavy atom. The van der Waals surface area contributed by atoms with Crippen molar-refractivity contribution in [3.63, 3.8) is 0 Å². The van der Waals surface area contributed by atoms with Crippen LogP contribution in [0.15, 0.2) is 29.4 Å². The van der Waals surface area contributed by atoms with Gasteiger partial charge in [-0.15, -0.1) is 11.8 Å². The molecule has 0 amide bonds. The van der Waals surface area contributed by atoms with Gasteiger partial charge in [0.15, 0.2) is 0 Å². The molecule has 0 spiro atoms. The van der Waals surface area contributed by atoms with Crippen molar-refractivity contribution >= 4 is 17.7 Å². The van der Waals surface area contributed by atoms with E-state index < -0.39 is 12.7 Å². The second-order valence-electron chi connectivity index (χ2n) is 5.49. The molecule has 2 rings (SSSR count). The van der Waals surface area contributed by atoms with E-state index in [1.54, 1.807) is 12.4 Å². The summed E-state index contributed by atoms with van der Waals surface area (Å²) in [7, 11) is 0. The lowest BCUT2D eigenvalue weighted by Gasteiger charge is -2.31. The summed E-state index contributed by atoms with van der Waals surface area (Å²) in [4.78, 5) is 17.9. The topological polar surface area (TPSA) is 42.4 Å². The van der Waals surface area contributed by atoms with Crippen LogP contribution in [-0.2, 0) is 9.53 Å². The van der Waals surface area contributed by atoms with Gasteiger partial charge in [0.05, 0.1) is 18.9 Å². The first kappa shape index (κ1) is 18.1. The molecule has 0 bridgehead atoms. The zero-order valence-electron chi connectivity index (χ0n) is 12.6. The van der Waals surface area contributed by atoms with Crippen molar-refractivity contribution in [1.82, 2.24) is 9.88 Å². The molecule has 0 saturated carbocycles. The highest BCUT2D eigenvalue weighted by atomic mass is 32.2. The van der Waals surface area contributed by atoms with Crippen molar-refractivity contribution in [2.45, 2.75) is 23.9 Å². The highest BCUT2D eigenvalue weighted by Gasteiger charge is 2.32. The lowest BCUT2D eigenvalue weighted by molar-refractivity contribution is -0.150. The molecular weight excluding hydrogens is 329 g/mol. The zero-order chi connectivity index (χ0) is 16.7. The van der Waals surface area contributed by atoms with Crippen molar-refractivity contribution in [2.24, 2.45) is 5.92 Å². The standard InChI is InChI=1S/C15H19F3N2O2S/c16-15(17,18)11-20-7-3-12(4-8-20)9-22-14(21)10-23-13-1-5-19-6-2-13/h1-2,5-6,12H,3-4,7-11H2. The zero-order valence-corrected chi connectivity index (χ0v) is 13.4. The number of hydrogen-bond acceptors (Lipinski definition) is 5. The predicted octanol–water partition coefficient (Wildman–Crippen LogP) is 2.99. The maximum absolute atomic E-state index is 12.3.